The Labute approximate surface area is 142 Å². The first-order valence-electron chi connectivity index (χ1n) is 6.94. The molecule has 0 radical (unpaired) electrons. The van der Waals surface area contributed by atoms with Crippen LogP contribution in [0.4, 0.5) is 0 Å². The van der Waals surface area contributed by atoms with Gasteiger partial charge in [0.2, 0.25) is 16.9 Å². The normalized spacial score (nSPS) is 11.2. The average molecular weight is 355 g/mol. The number of hydrogen-bond acceptors (Lipinski definition) is 7. The molecule has 0 aromatic heterocycles. The molecular weight excluding hydrogens is 338 g/mol. The standard InChI is InChI=1S/C14H17N3O6S/c1-10(18)16-12(13(19)15-7-8-23-17(21)22)9-24-14(20)11-5-3-2-4-6-11/h2-6,12H,7-9H2,1H3,(H,15,19)(H,16,18)/t12-/m0/s1. The Morgan fingerprint density at radius 1 is 1.29 bits per heavy atom. The Bertz CT molecular complexity index is 595. The summed E-state index contributed by atoms with van der Waals surface area (Å²) in [6, 6.07) is 7.59. The number of benzene rings is 1. The molecule has 1 atom stereocenters. The van der Waals surface area contributed by atoms with Gasteiger partial charge in [-0.1, -0.05) is 42.1 Å². The van der Waals surface area contributed by atoms with Gasteiger partial charge in [-0.3, -0.25) is 14.4 Å². The second-order valence-electron chi connectivity index (χ2n) is 4.57. The summed E-state index contributed by atoms with van der Waals surface area (Å²) in [5.41, 5.74) is 0.490. The molecular formula is C14H17N3O6S. The minimum Gasteiger partial charge on any atom is -0.352 e. The maximum Gasteiger partial charge on any atom is 0.294 e. The molecule has 1 aromatic carbocycles. The van der Waals surface area contributed by atoms with Gasteiger partial charge >= 0.3 is 0 Å². The zero-order chi connectivity index (χ0) is 17.9. The topological polar surface area (TPSA) is 128 Å². The number of thioether (sulfide) groups is 1. The van der Waals surface area contributed by atoms with Crippen molar-refractivity contribution in [2.45, 2.75) is 13.0 Å². The van der Waals surface area contributed by atoms with Crippen LogP contribution in [-0.2, 0) is 14.4 Å². The third-order valence-electron chi connectivity index (χ3n) is 2.68. The third kappa shape index (κ3) is 7.58. The highest BCUT2D eigenvalue weighted by Crippen LogP contribution is 2.13. The van der Waals surface area contributed by atoms with Gasteiger partial charge in [0.05, 0.1) is 0 Å². The first kappa shape index (κ1) is 19.4. The molecule has 1 rings (SSSR count). The van der Waals surface area contributed by atoms with Gasteiger partial charge in [-0.25, -0.2) is 0 Å². The van der Waals surface area contributed by atoms with E-state index in [1.807, 2.05) is 0 Å². The summed E-state index contributed by atoms with van der Waals surface area (Å²) in [7, 11) is 0. The number of carbonyl (C=O) groups excluding carboxylic acids is 3. The van der Waals surface area contributed by atoms with Crippen LogP contribution in [0.1, 0.15) is 17.3 Å². The summed E-state index contributed by atoms with van der Waals surface area (Å²) >= 11 is 0.898. The quantitative estimate of drug-likeness (QED) is 0.372. The molecule has 0 aliphatic heterocycles. The Morgan fingerprint density at radius 3 is 2.54 bits per heavy atom. The van der Waals surface area contributed by atoms with E-state index in [0.29, 0.717) is 5.56 Å². The molecule has 9 nitrogen and oxygen atoms in total. The van der Waals surface area contributed by atoms with Gasteiger partial charge in [0, 0.05) is 24.8 Å². The lowest BCUT2D eigenvalue weighted by Gasteiger charge is -2.16. The smallest absolute Gasteiger partial charge is 0.294 e. The van der Waals surface area contributed by atoms with Crippen molar-refractivity contribution in [1.82, 2.24) is 10.6 Å². The Morgan fingerprint density at radius 2 is 1.96 bits per heavy atom. The van der Waals surface area contributed by atoms with Gasteiger partial charge in [-0.05, 0) is 0 Å². The molecule has 10 heteroatoms. The molecule has 0 aliphatic rings. The zero-order valence-corrected chi connectivity index (χ0v) is 13.7. The van der Waals surface area contributed by atoms with Crippen LogP contribution in [0.3, 0.4) is 0 Å². The van der Waals surface area contributed by atoms with Crippen molar-refractivity contribution >= 4 is 28.7 Å². The monoisotopic (exact) mass is 355 g/mol. The maximum absolute atomic E-state index is 12.0. The van der Waals surface area contributed by atoms with E-state index in [1.165, 1.54) is 6.92 Å². The number of nitrogens with zero attached hydrogens (tertiary/aromatic N) is 1. The second-order valence-corrected chi connectivity index (χ2v) is 5.56. The molecule has 0 heterocycles. The van der Waals surface area contributed by atoms with Gasteiger partial charge in [-0.2, -0.15) is 0 Å². The van der Waals surface area contributed by atoms with Crippen LogP contribution in [0.25, 0.3) is 0 Å². The van der Waals surface area contributed by atoms with E-state index >= 15 is 0 Å². The van der Waals surface area contributed by atoms with Gasteiger partial charge in [0.15, 0.2) is 0 Å². The highest BCUT2D eigenvalue weighted by atomic mass is 32.2. The second kappa shape index (κ2) is 10.2. The minimum atomic E-state index is -0.966. The fourth-order valence-corrected chi connectivity index (χ4v) is 2.52. The lowest BCUT2D eigenvalue weighted by molar-refractivity contribution is -0.757. The average Bonchev–Trinajstić information content (AvgIpc) is 2.55. The van der Waals surface area contributed by atoms with Gasteiger partial charge in [-0.15, -0.1) is 10.1 Å². The van der Waals surface area contributed by atoms with E-state index in [9.17, 15) is 24.5 Å². The summed E-state index contributed by atoms with van der Waals surface area (Å²) in [5, 5.41) is 13.7. The van der Waals surface area contributed by atoms with Crippen molar-refractivity contribution in [2.24, 2.45) is 0 Å². The highest BCUT2D eigenvalue weighted by Gasteiger charge is 2.21. The van der Waals surface area contributed by atoms with E-state index in [1.54, 1.807) is 30.3 Å². The molecule has 1 aromatic rings. The molecule has 0 spiro atoms. The van der Waals surface area contributed by atoms with Crippen molar-refractivity contribution in [1.29, 1.82) is 0 Å². The van der Waals surface area contributed by atoms with Crippen LogP contribution in [0.2, 0.25) is 0 Å². The molecule has 0 aliphatic carbocycles. The first-order valence-corrected chi connectivity index (χ1v) is 7.93. The molecule has 0 fully saturated rings. The van der Waals surface area contributed by atoms with Crippen LogP contribution in [0.5, 0.6) is 0 Å². The van der Waals surface area contributed by atoms with Crippen molar-refractivity contribution in [2.75, 3.05) is 18.9 Å². The van der Waals surface area contributed by atoms with Crippen LogP contribution >= 0.6 is 11.8 Å². The molecule has 0 bridgehead atoms. The summed E-state index contributed by atoms with van der Waals surface area (Å²) in [5.74, 6) is -0.940. The van der Waals surface area contributed by atoms with Gasteiger partial charge in [0.1, 0.15) is 12.6 Å². The van der Waals surface area contributed by atoms with Gasteiger partial charge in [0.25, 0.3) is 5.09 Å². The van der Waals surface area contributed by atoms with E-state index in [2.05, 4.69) is 15.5 Å². The fraction of sp³-hybridized carbons (Fsp3) is 0.357. The molecule has 0 saturated heterocycles. The highest BCUT2D eigenvalue weighted by molar-refractivity contribution is 8.14. The molecule has 2 amide bonds. The van der Waals surface area contributed by atoms with Crippen LogP contribution < -0.4 is 10.6 Å². The molecule has 24 heavy (non-hydrogen) atoms. The van der Waals surface area contributed by atoms with Crippen LogP contribution in [0, 0.1) is 10.1 Å². The zero-order valence-electron chi connectivity index (χ0n) is 12.9. The third-order valence-corrected chi connectivity index (χ3v) is 3.68. The fourth-order valence-electron chi connectivity index (χ4n) is 1.66. The van der Waals surface area contributed by atoms with Crippen molar-refractivity contribution in [3.63, 3.8) is 0 Å². The Kier molecular flexibility index (Phi) is 8.26. The van der Waals surface area contributed by atoms with Crippen molar-refractivity contribution < 1.29 is 24.3 Å². The first-order chi connectivity index (χ1) is 11.4. The van der Waals surface area contributed by atoms with E-state index < -0.39 is 22.9 Å². The predicted octanol–water partition coefficient (Wildman–Crippen LogP) is 0.389. The summed E-state index contributed by atoms with van der Waals surface area (Å²) in [6.07, 6.45) is 0. The lowest BCUT2D eigenvalue weighted by atomic mass is 10.2. The lowest BCUT2D eigenvalue weighted by Crippen LogP contribution is -2.48. The molecule has 2 N–H and O–H groups in total. The van der Waals surface area contributed by atoms with E-state index in [4.69, 9.17) is 0 Å². The Balaban J connectivity index is 2.52. The molecule has 130 valence electrons. The maximum atomic E-state index is 12.0. The van der Waals surface area contributed by atoms with Gasteiger partial charge < -0.3 is 15.5 Å². The van der Waals surface area contributed by atoms with Crippen molar-refractivity contribution in [3.8, 4) is 0 Å². The molecule has 0 saturated carbocycles. The summed E-state index contributed by atoms with van der Waals surface area (Å²) < 4.78 is 0. The summed E-state index contributed by atoms with van der Waals surface area (Å²) in [4.78, 5) is 49.3. The number of carbonyl (C=O) groups is 3. The minimum absolute atomic E-state index is 0.0369. The number of amides is 2. The number of rotatable bonds is 9. The van der Waals surface area contributed by atoms with E-state index in [-0.39, 0.29) is 24.0 Å². The van der Waals surface area contributed by atoms with E-state index in [0.717, 1.165) is 11.8 Å². The Hall–Kier alpha value is -2.62. The SMILES string of the molecule is CC(=O)N[C@@H](CSC(=O)c1ccccc1)C(=O)NCCO[N+](=O)[O-]. The largest absolute Gasteiger partial charge is 0.352 e. The number of nitrogens with one attached hydrogen (secondary N) is 2. The van der Waals surface area contributed by atoms with Crippen LogP contribution in [-0.4, -0.2) is 47.0 Å². The van der Waals surface area contributed by atoms with Crippen LogP contribution in [0.15, 0.2) is 30.3 Å². The number of hydrogen-bond donors (Lipinski definition) is 2. The molecule has 0 unspecified atom stereocenters. The predicted molar refractivity (Wildman–Crippen MR) is 86.8 cm³/mol. The summed E-state index contributed by atoms with van der Waals surface area (Å²) in [6.45, 7) is 0.856. The van der Waals surface area contributed by atoms with Crippen molar-refractivity contribution in [3.05, 3.63) is 46.0 Å².